The van der Waals surface area contributed by atoms with Crippen molar-refractivity contribution in [3.05, 3.63) is 29.8 Å². The molecule has 1 aliphatic rings. The summed E-state index contributed by atoms with van der Waals surface area (Å²) in [6.07, 6.45) is 2.43. The highest BCUT2D eigenvalue weighted by Gasteiger charge is 2.24. The number of nitrogens with one attached hydrogen (secondary N) is 1. The molecule has 1 aliphatic heterocycles. The van der Waals surface area contributed by atoms with E-state index in [0.717, 1.165) is 6.54 Å². The van der Waals surface area contributed by atoms with Gasteiger partial charge in [-0.05, 0) is 44.5 Å². The summed E-state index contributed by atoms with van der Waals surface area (Å²) in [7, 11) is 3.81. The number of anilines is 1. The summed E-state index contributed by atoms with van der Waals surface area (Å²) in [6, 6.07) is 9.96. The number of nitrogens with zero attached hydrogens (tertiary/aromatic N) is 1. The monoisotopic (exact) mass is 248 g/mol. The van der Waals surface area contributed by atoms with Crippen LogP contribution in [0.15, 0.2) is 24.3 Å². The molecule has 18 heavy (non-hydrogen) atoms. The van der Waals surface area contributed by atoms with Crippen molar-refractivity contribution in [2.24, 2.45) is 0 Å². The SMILES string of the molecule is CNC1CCN(c2cccc(COC)c2)C(C)C1. The molecule has 2 rings (SSSR count). The Labute approximate surface area is 110 Å². The fourth-order valence-electron chi connectivity index (χ4n) is 2.81. The van der Waals surface area contributed by atoms with Crippen molar-refractivity contribution in [1.29, 1.82) is 0 Å². The summed E-state index contributed by atoms with van der Waals surface area (Å²) >= 11 is 0. The molecule has 2 atom stereocenters. The zero-order valence-corrected chi connectivity index (χ0v) is 11.6. The number of hydrogen-bond acceptors (Lipinski definition) is 3. The zero-order valence-electron chi connectivity index (χ0n) is 11.6. The van der Waals surface area contributed by atoms with Crippen LogP contribution < -0.4 is 10.2 Å². The summed E-state index contributed by atoms with van der Waals surface area (Å²) in [6.45, 7) is 4.13. The smallest absolute Gasteiger partial charge is 0.0713 e. The molecular weight excluding hydrogens is 224 g/mol. The van der Waals surface area contributed by atoms with E-state index < -0.39 is 0 Å². The van der Waals surface area contributed by atoms with Gasteiger partial charge in [0.15, 0.2) is 0 Å². The Hall–Kier alpha value is -1.06. The molecule has 0 bridgehead atoms. The van der Waals surface area contributed by atoms with Crippen LogP contribution in [0.3, 0.4) is 0 Å². The standard InChI is InChI=1S/C15H24N2O/c1-12-9-14(16-2)7-8-17(12)15-6-4-5-13(10-15)11-18-3/h4-6,10,12,14,16H,7-9,11H2,1-3H3. The van der Waals surface area contributed by atoms with E-state index in [-0.39, 0.29) is 0 Å². The van der Waals surface area contributed by atoms with E-state index in [1.54, 1.807) is 7.11 Å². The van der Waals surface area contributed by atoms with Crippen LogP contribution >= 0.6 is 0 Å². The Bertz CT molecular complexity index is 381. The second-order valence-corrected chi connectivity index (χ2v) is 5.16. The van der Waals surface area contributed by atoms with Gasteiger partial charge in [0.05, 0.1) is 6.61 Å². The van der Waals surface area contributed by atoms with Gasteiger partial charge in [-0.2, -0.15) is 0 Å². The Balaban J connectivity index is 2.09. The van der Waals surface area contributed by atoms with E-state index in [1.165, 1.54) is 24.1 Å². The topological polar surface area (TPSA) is 24.5 Å². The first-order valence-electron chi connectivity index (χ1n) is 6.76. The first-order valence-corrected chi connectivity index (χ1v) is 6.76. The highest BCUT2D eigenvalue weighted by atomic mass is 16.5. The van der Waals surface area contributed by atoms with E-state index in [4.69, 9.17) is 4.74 Å². The minimum atomic E-state index is 0.592. The molecule has 1 aromatic rings. The van der Waals surface area contributed by atoms with Crippen molar-refractivity contribution in [1.82, 2.24) is 5.32 Å². The number of piperidine rings is 1. The lowest BCUT2D eigenvalue weighted by atomic mass is 9.97. The highest BCUT2D eigenvalue weighted by molar-refractivity contribution is 5.49. The van der Waals surface area contributed by atoms with Crippen LogP contribution in [-0.2, 0) is 11.3 Å². The third-order valence-corrected chi connectivity index (χ3v) is 3.84. The summed E-state index contributed by atoms with van der Waals surface area (Å²) in [4.78, 5) is 2.51. The summed E-state index contributed by atoms with van der Waals surface area (Å²) in [5.74, 6) is 0. The van der Waals surface area contributed by atoms with Gasteiger partial charge in [0.2, 0.25) is 0 Å². The van der Waals surface area contributed by atoms with Crippen LogP contribution in [-0.4, -0.2) is 32.8 Å². The van der Waals surface area contributed by atoms with Gasteiger partial charge < -0.3 is 15.0 Å². The maximum absolute atomic E-state index is 5.20. The van der Waals surface area contributed by atoms with Crippen LogP contribution in [0.5, 0.6) is 0 Å². The van der Waals surface area contributed by atoms with Crippen LogP contribution in [0.1, 0.15) is 25.3 Å². The van der Waals surface area contributed by atoms with E-state index in [9.17, 15) is 0 Å². The molecule has 1 N–H and O–H groups in total. The minimum Gasteiger partial charge on any atom is -0.380 e. The predicted octanol–water partition coefficient (Wildman–Crippen LogP) is 2.41. The van der Waals surface area contributed by atoms with Crippen LogP contribution in [0, 0.1) is 0 Å². The van der Waals surface area contributed by atoms with Crippen molar-refractivity contribution in [2.75, 3.05) is 25.6 Å². The van der Waals surface area contributed by atoms with Crippen LogP contribution in [0.4, 0.5) is 5.69 Å². The molecule has 0 aliphatic carbocycles. The van der Waals surface area contributed by atoms with Gasteiger partial charge in [0.25, 0.3) is 0 Å². The second-order valence-electron chi connectivity index (χ2n) is 5.16. The number of benzene rings is 1. The molecule has 1 heterocycles. The lowest BCUT2D eigenvalue weighted by Crippen LogP contribution is -2.46. The fraction of sp³-hybridized carbons (Fsp3) is 0.600. The van der Waals surface area contributed by atoms with Crippen molar-refractivity contribution < 1.29 is 4.74 Å². The van der Waals surface area contributed by atoms with Gasteiger partial charge in [0, 0.05) is 31.4 Å². The van der Waals surface area contributed by atoms with E-state index >= 15 is 0 Å². The number of methoxy groups -OCH3 is 1. The van der Waals surface area contributed by atoms with Crippen molar-refractivity contribution in [3.8, 4) is 0 Å². The molecule has 100 valence electrons. The number of ether oxygens (including phenoxy) is 1. The van der Waals surface area contributed by atoms with Gasteiger partial charge in [-0.3, -0.25) is 0 Å². The van der Waals surface area contributed by atoms with E-state index in [1.807, 2.05) is 0 Å². The molecule has 0 spiro atoms. The molecule has 1 aromatic carbocycles. The largest absolute Gasteiger partial charge is 0.380 e. The molecule has 0 amide bonds. The lowest BCUT2D eigenvalue weighted by Gasteiger charge is -2.39. The van der Waals surface area contributed by atoms with Gasteiger partial charge in [-0.15, -0.1) is 0 Å². The average Bonchev–Trinajstić information content (AvgIpc) is 2.39. The molecule has 2 unspecified atom stereocenters. The molecule has 1 fully saturated rings. The van der Waals surface area contributed by atoms with Gasteiger partial charge in [0.1, 0.15) is 0 Å². The Kier molecular flexibility index (Phi) is 4.61. The number of rotatable bonds is 4. The normalized spacial score (nSPS) is 24.3. The molecule has 0 saturated carbocycles. The third-order valence-electron chi connectivity index (χ3n) is 3.84. The lowest BCUT2D eigenvalue weighted by molar-refractivity contribution is 0.185. The summed E-state index contributed by atoms with van der Waals surface area (Å²) < 4.78 is 5.20. The highest BCUT2D eigenvalue weighted by Crippen LogP contribution is 2.25. The van der Waals surface area contributed by atoms with E-state index in [0.29, 0.717) is 18.7 Å². The van der Waals surface area contributed by atoms with Gasteiger partial charge in [-0.1, -0.05) is 12.1 Å². The Morgan fingerprint density at radius 3 is 2.94 bits per heavy atom. The van der Waals surface area contributed by atoms with Crippen LogP contribution in [0.2, 0.25) is 0 Å². The van der Waals surface area contributed by atoms with Gasteiger partial charge in [-0.25, -0.2) is 0 Å². The molecule has 3 heteroatoms. The second kappa shape index (κ2) is 6.21. The fourth-order valence-corrected chi connectivity index (χ4v) is 2.81. The zero-order chi connectivity index (χ0) is 13.0. The predicted molar refractivity (Wildman–Crippen MR) is 76.0 cm³/mol. The van der Waals surface area contributed by atoms with Gasteiger partial charge >= 0.3 is 0 Å². The molecule has 0 aromatic heterocycles. The summed E-state index contributed by atoms with van der Waals surface area (Å²) in [5, 5.41) is 3.39. The minimum absolute atomic E-state index is 0.592. The molecular formula is C15H24N2O. The quantitative estimate of drug-likeness (QED) is 0.885. The molecule has 1 saturated heterocycles. The number of hydrogen-bond donors (Lipinski definition) is 1. The van der Waals surface area contributed by atoms with Crippen molar-refractivity contribution in [3.63, 3.8) is 0 Å². The van der Waals surface area contributed by atoms with Crippen molar-refractivity contribution in [2.45, 2.75) is 38.5 Å². The Morgan fingerprint density at radius 2 is 2.28 bits per heavy atom. The maximum Gasteiger partial charge on any atom is 0.0713 e. The summed E-state index contributed by atoms with van der Waals surface area (Å²) in [5.41, 5.74) is 2.57. The Morgan fingerprint density at radius 1 is 1.44 bits per heavy atom. The maximum atomic E-state index is 5.20. The third kappa shape index (κ3) is 3.03. The first kappa shape index (κ1) is 13.4. The molecule has 3 nitrogen and oxygen atoms in total. The van der Waals surface area contributed by atoms with Crippen LogP contribution in [0.25, 0.3) is 0 Å². The molecule has 0 radical (unpaired) electrons. The van der Waals surface area contributed by atoms with E-state index in [2.05, 4.69) is 48.5 Å². The first-order chi connectivity index (χ1) is 8.74. The average molecular weight is 248 g/mol. The van der Waals surface area contributed by atoms with Crippen molar-refractivity contribution >= 4 is 5.69 Å².